The van der Waals surface area contributed by atoms with Crippen LogP contribution < -0.4 is 4.74 Å². The predicted molar refractivity (Wildman–Crippen MR) is 80.9 cm³/mol. The number of rotatable bonds is 2. The molecule has 2 bridgehead atoms. The molecule has 0 N–H and O–H groups in total. The molecule has 2 fully saturated rings. The lowest BCUT2D eigenvalue weighted by molar-refractivity contribution is -0.141. The highest BCUT2D eigenvalue weighted by atomic mass is 19.4. The average molecular weight is 359 g/mol. The summed E-state index contributed by atoms with van der Waals surface area (Å²) in [5.74, 6) is 0.319. The lowest BCUT2D eigenvalue weighted by Crippen LogP contribution is -2.48. The fourth-order valence-corrected chi connectivity index (χ4v) is 3.30. The van der Waals surface area contributed by atoms with E-state index < -0.39 is 23.6 Å². The molecular weight excluding hydrogens is 339 g/mol. The molecule has 138 valence electrons. The Balaban J connectivity index is 1.65. The summed E-state index contributed by atoms with van der Waals surface area (Å²) in [5, 5.41) is 0. The Morgan fingerprint density at radius 2 is 1.92 bits per heavy atom. The van der Waals surface area contributed by atoms with Crippen molar-refractivity contribution in [1.29, 1.82) is 0 Å². The van der Waals surface area contributed by atoms with Crippen molar-refractivity contribution in [3.8, 4) is 5.88 Å². The zero-order chi connectivity index (χ0) is 18.4. The number of nitrogens with zero attached hydrogens (tertiary/aromatic N) is 3. The van der Waals surface area contributed by atoms with Crippen LogP contribution in [-0.4, -0.2) is 45.3 Å². The lowest BCUT2D eigenvalue weighted by atomic mass is 10.1. The molecule has 1 saturated carbocycles. The summed E-state index contributed by atoms with van der Waals surface area (Å²) < 4.78 is 48.7. The number of likely N-dealkylation sites (tertiary alicyclic amines) is 1. The molecule has 0 spiro atoms. The van der Waals surface area contributed by atoms with E-state index in [9.17, 15) is 18.0 Å². The van der Waals surface area contributed by atoms with Gasteiger partial charge in [-0.25, -0.2) is 14.8 Å². The number of halogens is 3. The Bertz CT molecular complexity index is 643. The van der Waals surface area contributed by atoms with Gasteiger partial charge in [0, 0.05) is 6.54 Å². The molecule has 1 saturated heterocycles. The highest BCUT2D eigenvalue weighted by molar-refractivity contribution is 5.69. The SMILES string of the molecule is CC(C)(C)OC(=O)N1CC2CC(Oc3cnc(C(F)(F)F)cn3)C1C2. The van der Waals surface area contributed by atoms with Gasteiger partial charge in [-0.2, -0.15) is 13.2 Å². The number of aromatic nitrogens is 2. The molecule has 1 amide bonds. The van der Waals surface area contributed by atoms with Gasteiger partial charge in [0.1, 0.15) is 11.7 Å². The van der Waals surface area contributed by atoms with Gasteiger partial charge in [0.2, 0.25) is 5.88 Å². The van der Waals surface area contributed by atoms with Gasteiger partial charge >= 0.3 is 12.3 Å². The molecule has 0 aromatic carbocycles. The fourth-order valence-electron chi connectivity index (χ4n) is 3.30. The second kappa shape index (κ2) is 6.03. The van der Waals surface area contributed by atoms with E-state index in [-0.39, 0.29) is 18.0 Å². The molecule has 1 aliphatic carbocycles. The van der Waals surface area contributed by atoms with E-state index in [2.05, 4.69) is 9.97 Å². The lowest BCUT2D eigenvalue weighted by Gasteiger charge is -2.34. The summed E-state index contributed by atoms with van der Waals surface area (Å²) in [6.45, 7) is 6.00. The molecule has 1 aromatic rings. The molecule has 1 aromatic heterocycles. The molecule has 3 rings (SSSR count). The molecule has 2 heterocycles. The van der Waals surface area contributed by atoms with Gasteiger partial charge in [0.25, 0.3) is 0 Å². The normalized spacial score (nSPS) is 26.0. The zero-order valence-electron chi connectivity index (χ0n) is 14.2. The maximum absolute atomic E-state index is 12.5. The molecule has 1 aliphatic heterocycles. The minimum atomic E-state index is -4.54. The molecule has 0 radical (unpaired) electrons. The second-order valence-corrected chi connectivity index (χ2v) is 7.43. The number of alkyl halides is 3. The van der Waals surface area contributed by atoms with Crippen molar-refractivity contribution < 1.29 is 27.4 Å². The Labute approximate surface area is 143 Å². The summed E-state index contributed by atoms with van der Waals surface area (Å²) in [6.07, 6.45) is -2.12. The first-order valence-corrected chi connectivity index (χ1v) is 8.08. The van der Waals surface area contributed by atoms with Crippen LogP contribution in [0.25, 0.3) is 0 Å². The van der Waals surface area contributed by atoms with Crippen LogP contribution in [0.5, 0.6) is 5.88 Å². The summed E-state index contributed by atoms with van der Waals surface area (Å²) >= 11 is 0. The summed E-state index contributed by atoms with van der Waals surface area (Å²) in [6, 6.07) is -0.163. The standard InChI is InChI=1S/C16H20F3N3O3/c1-15(2,3)25-14(23)22-8-9-4-10(22)11(5-9)24-13-7-20-12(6-21-13)16(17,18)19/h6-7,9-11H,4-5,8H2,1-3H3. The largest absolute Gasteiger partial charge is 0.471 e. The van der Waals surface area contributed by atoms with Crippen LogP contribution in [-0.2, 0) is 10.9 Å². The van der Waals surface area contributed by atoms with Crippen LogP contribution in [0.15, 0.2) is 12.4 Å². The number of hydrogen-bond donors (Lipinski definition) is 0. The number of hydrogen-bond acceptors (Lipinski definition) is 5. The van der Waals surface area contributed by atoms with Crippen molar-refractivity contribution in [1.82, 2.24) is 14.9 Å². The van der Waals surface area contributed by atoms with Crippen molar-refractivity contribution >= 4 is 6.09 Å². The number of fused-ring (bicyclic) bond motifs is 2. The van der Waals surface area contributed by atoms with E-state index in [0.717, 1.165) is 19.0 Å². The number of ether oxygens (including phenoxy) is 2. The minimum absolute atomic E-state index is 0.0229. The second-order valence-electron chi connectivity index (χ2n) is 7.43. The first kappa shape index (κ1) is 17.8. The van der Waals surface area contributed by atoms with Crippen LogP contribution in [0.4, 0.5) is 18.0 Å². The van der Waals surface area contributed by atoms with E-state index in [1.807, 2.05) is 0 Å². The van der Waals surface area contributed by atoms with Gasteiger partial charge in [0.15, 0.2) is 5.69 Å². The number of amides is 1. The quantitative estimate of drug-likeness (QED) is 0.811. The predicted octanol–water partition coefficient (Wildman–Crippen LogP) is 3.27. The van der Waals surface area contributed by atoms with E-state index in [4.69, 9.17) is 9.47 Å². The van der Waals surface area contributed by atoms with Crippen molar-refractivity contribution in [2.24, 2.45) is 5.92 Å². The Hall–Kier alpha value is -2.06. The Kier molecular flexibility index (Phi) is 4.28. The van der Waals surface area contributed by atoms with Gasteiger partial charge in [-0.1, -0.05) is 0 Å². The smallest absolute Gasteiger partial charge is 0.434 e. The first-order chi connectivity index (χ1) is 11.5. The summed E-state index contributed by atoms with van der Waals surface area (Å²) in [4.78, 5) is 21.0. The van der Waals surface area contributed by atoms with Gasteiger partial charge in [-0.05, 0) is 39.5 Å². The van der Waals surface area contributed by atoms with Crippen LogP contribution >= 0.6 is 0 Å². The van der Waals surface area contributed by atoms with Gasteiger partial charge in [0.05, 0.1) is 18.4 Å². The maximum Gasteiger partial charge on any atom is 0.434 e. The molecular formula is C16H20F3N3O3. The molecule has 3 atom stereocenters. The monoisotopic (exact) mass is 359 g/mol. The Morgan fingerprint density at radius 3 is 2.44 bits per heavy atom. The van der Waals surface area contributed by atoms with E-state index >= 15 is 0 Å². The average Bonchev–Trinajstić information content (AvgIpc) is 3.05. The fraction of sp³-hybridized carbons (Fsp3) is 0.688. The third-order valence-electron chi connectivity index (χ3n) is 4.24. The molecule has 6 nitrogen and oxygen atoms in total. The zero-order valence-corrected chi connectivity index (χ0v) is 14.2. The van der Waals surface area contributed by atoms with Crippen molar-refractivity contribution in [2.75, 3.05) is 6.54 Å². The Morgan fingerprint density at radius 1 is 1.20 bits per heavy atom. The molecule has 9 heteroatoms. The number of piperidine rings is 1. The van der Waals surface area contributed by atoms with Gasteiger partial charge < -0.3 is 14.4 Å². The molecule has 25 heavy (non-hydrogen) atoms. The maximum atomic E-state index is 12.5. The van der Waals surface area contributed by atoms with Gasteiger partial charge in [-0.3, -0.25) is 0 Å². The van der Waals surface area contributed by atoms with Crippen molar-refractivity contribution in [2.45, 2.75) is 57.5 Å². The van der Waals surface area contributed by atoms with E-state index in [1.54, 1.807) is 25.7 Å². The van der Waals surface area contributed by atoms with Crippen molar-refractivity contribution in [3.63, 3.8) is 0 Å². The molecule has 3 unspecified atom stereocenters. The topological polar surface area (TPSA) is 64.5 Å². The highest BCUT2D eigenvalue weighted by Crippen LogP contribution is 2.40. The van der Waals surface area contributed by atoms with Gasteiger partial charge in [-0.15, -0.1) is 0 Å². The summed E-state index contributed by atoms with van der Waals surface area (Å²) in [7, 11) is 0. The van der Waals surface area contributed by atoms with Crippen LogP contribution in [0.3, 0.4) is 0 Å². The third kappa shape index (κ3) is 3.96. The third-order valence-corrected chi connectivity index (χ3v) is 4.24. The first-order valence-electron chi connectivity index (χ1n) is 8.08. The van der Waals surface area contributed by atoms with Crippen molar-refractivity contribution in [3.05, 3.63) is 18.1 Å². The highest BCUT2D eigenvalue weighted by Gasteiger charge is 2.49. The van der Waals surface area contributed by atoms with E-state index in [1.165, 1.54) is 0 Å². The van der Waals surface area contributed by atoms with E-state index in [0.29, 0.717) is 18.7 Å². The van der Waals surface area contributed by atoms with Crippen LogP contribution in [0.1, 0.15) is 39.3 Å². The number of carbonyl (C=O) groups is 1. The molecule has 2 aliphatic rings. The minimum Gasteiger partial charge on any atom is -0.471 e. The van der Waals surface area contributed by atoms with Crippen LogP contribution in [0.2, 0.25) is 0 Å². The summed E-state index contributed by atoms with van der Waals surface area (Å²) in [5.41, 5.74) is -1.66. The number of carbonyl (C=O) groups excluding carboxylic acids is 1. The van der Waals surface area contributed by atoms with Crippen LogP contribution in [0, 0.1) is 5.92 Å².